The molecule has 0 N–H and O–H groups in total. The van der Waals surface area contributed by atoms with E-state index in [1.807, 2.05) is 0 Å². The van der Waals surface area contributed by atoms with Gasteiger partial charge in [0.2, 0.25) is 0 Å². The molecule has 48 valence electrons. The van der Waals surface area contributed by atoms with Crippen LogP contribution in [0.15, 0.2) is 24.3 Å². The number of hydrogen-bond acceptors (Lipinski definition) is 0. The maximum absolute atomic E-state index is 5.51. The molecule has 0 atom stereocenters. The monoisotopic (exact) mass is 218 g/mol. The Morgan fingerprint density at radius 1 is 1.22 bits per heavy atom. The number of rotatable bonds is 2. The molecule has 0 heterocycles. The fourth-order valence-corrected chi connectivity index (χ4v) is 1.05. The summed E-state index contributed by atoms with van der Waals surface area (Å²) in [6, 6.07) is 0. The van der Waals surface area contributed by atoms with Crippen LogP contribution in [0.5, 0.6) is 0 Å². The molecule has 1 rings (SSSR count). The summed E-state index contributed by atoms with van der Waals surface area (Å²) in [5.41, 5.74) is 0. The zero-order chi connectivity index (χ0) is 5.82. The summed E-state index contributed by atoms with van der Waals surface area (Å²) >= 11 is 5.51. The second-order valence-electron chi connectivity index (χ2n) is 1.91. The summed E-state index contributed by atoms with van der Waals surface area (Å²) in [4.78, 5) is 0. The van der Waals surface area contributed by atoms with Crippen molar-refractivity contribution >= 4 is 11.6 Å². The van der Waals surface area contributed by atoms with E-state index in [9.17, 15) is 0 Å². The van der Waals surface area contributed by atoms with Gasteiger partial charge in [-0.3, -0.25) is 0 Å². The van der Waals surface area contributed by atoms with Crippen molar-refractivity contribution in [2.24, 2.45) is 5.92 Å². The van der Waals surface area contributed by atoms with Crippen LogP contribution in [0, 0.1) is 5.92 Å². The summed E-state index contributed by atoms with van der Waals surface area (Å²) in [6.45, 7) is 0. The van der Waals surface area contributed by atoms with E-state index in [-0.39, 0.29) is 26.2 Å². The van der Waals surface area contributed by atoms with E-state index in [0.29, 0.717) is 5.92 Å². The minimum absolute atomic E-state index is 0. The van der Waals surface area contributed by atoms with Crippen LogP contribution in [0.1, 0.15) is 6.42 Å². The number of allylic oxidation sites excluding steroid dienone is 4. The number of halogens is 1. The molecule has 0 aliphatic heterocycles. The van der Waals surface area contributed by atoms with Crippen molar-refractivity contribution < 1.29 is 26.2 Å². The van der Waals surface area contributed by atoms with Crippen molar-refractivity contribution in [2.75, 3.05) is 5.88 Å². The molecule has 0 aromatic carbocycles. The van der Waals surface area contributed by atoms with Crippen molar-refractivity contribution in [3.63, 3.8) is 0 Å². The van der Waals surface area contributed by atoms with Crippen LogP contribution in [-0.4, -0.2) is 5.88 Å². The van der Waals surface area contributed by atoms with Crippen molar-refractivity contribution in [1.82, 2.24) is 0 Å². The van der Waals surface area contributed by atoms with Crippen molar-refractivity contribution in [1.29, 1.82) is 0 Å². The third-order valence-corrected chi connectivity index (χ3v) is 1.49. The van der Waals surface area contributed by atoms with Crippen LogP contribution in [0.3, 0.4) is 0 Å². The molecule has 9 heavy (non-hydrogen) atoms. The topological polar surface area (TPSA) is 0 Å². The molecule has 0 saturated heterocycles. The van der Waals surface area contributed by atoms with Gasteiger partial charge < -0.3 is 0 Å². The smallest absolute Gasteiger partial charge is 0.0232 e. The molecule has 0 nitrogen and oxygen atoms in total. The van der Waals surface area contributed by atoms with Crippen molar-refractivity contribution in [3.05, 3.63) is 24.3 Å². The van der Waals surface area contributed by atoms with Gasteiger partial charge in [0, 0.05) is 32.1 Å². The van der Waals surface area contributed by atoms with Gasteiger partial charge in [0.25, 0.3) is 0 Å². The van der Waals surface area contributed by atoms with Crippen LogP contribution >= 0.6 is 11.6 Å². The normalized spacial score (nSPS) is 16.1. The fourth-order valence-electron chi connectivity index (χ4n) is 0.796. The van der Waals surface area contributed by atoms with E-state index in [1.54, 1.807) is 0 Å². The summed E-state index contributed by atoms with van der Waals surface area (Å²) in [5.74, 6) is 1.38. The van der Waals surface area contributed by atoms with Crippen LogP contribution in [0.2, 0.25) is 0 Å². The van der Waals surface area contributed by atoms with E-state index in [1.165, 1.54) is 0 Å². The first kappa shape index (κ1) is 9.65. The summed E-state index contributed by atoms with van der Waals surface area (Å²) in [6.07, 6.45) is 9.55. The summed E-state index contributed by atoms with van der Waals surface area (Å²) in [7, 11) is 0. The Morgan fingerprint density at radius 2 is 1.78 bits per heavy atom. The van der Waals surface area contributed by atoms with E-state index >= 15 is 0 Å². The van der Waals surface area contributed by atoms with Crippen LogP contribution < -0.4 is 0 Å². The largest absolute Gasteiger partial charge is 0.127 e. The zero-order valence-corrected chi connectivity index (χ0v) is 8.39. The average Bonchev–Trinajstić information content (AvgIpc) is 2.19. The van der Waals surface area contributed by atoms with Crippen molar-refractivity contribution in [2.45, 2.75) is 6.42 Å². The Kier molecular flexibility index (Phi) is 5.83. The molecular formula is C7H9ClZr. The molecular weight excluding hydrogens is 211 g/mol. The SMILES string of the molecule is ClCCC1C=CC=C1.[Zr]. The first-order valence-corrected chi connectivity index (χ1v) is 3.38. The molecule has 0 spiro atoms. The molecule has 0 aromatic rings. The molecule has 1 aliphatic carbocycles. The van der Waals surface area contributed by atoms with Crippen LogP contribution in [0.25, 0.3) is 0 Å². The van der Waals surface area contributed by atoms with Gasteiger partial charge in [-0.05, 0) is 12.3 Å². The summed E-state index contributed by atoms with van der Waals surface area (Å²) in [5, 5.41) is 0. The van der Waals surface area contributed by atoms with Crippen LogP contribution in [-0.2, 0) is 26.2 Å². The Morgan fingerprint density at radius 3 is 2.22 bits per heavy atom. The summed E-state index contributed by atoms with van der Waals surface area (Å²) < 4.78 is 0. The number of hydrogen-bond donors (Lipinski definition) is 0. The second-order valence-corrected chi connectivity index (χ2v) is 2.29. The molecule has 2 heteroatoms. The molecule has 0 amide bonds. The first-order chi connectivity index (χ1) is 3.93. The second kappa shape index (κ2) is 5.44. The Bertz CT molecular complexity index is 106. The molecule has 0 fully saturated rings. The van der Waals surface area contributed by atoms with Gasteiger partial charge >= 0.3 is 0 Å². The average molecular weight is 220 g/mol. The minimum Gasteiger partial charge on any atom is -0.127 e. The van der Waals surface area contributed by atoms with Crippen molar-refractivity contribution in [3.8, 4) is 0 Å². The van der Waals surface area contributed by atoms with Gasteiger partial charge in [0.05, 0.1) is 0 Å². The maximum atomic E-state index is 5.51. The third kappa shape index (κ3) is 3.37. The van der Waals surface area contributed by atoms with E-state index in [4.69, 9.17) is 11.6 Å². The Labute approximate surface area is 80.1 Å². The Balaban J connectivity index is 0.000000640. The number of alkyl halides is 1. The van der Waals surface area contributed by atoms with Gasteiger partial charge in [0.1, 0.15) is 0 Å². The van der Waals surface area contributed by atoms with E-state index in [0.717, 1.165) is 12.3 Å². The quantitative estimate of drug-likeness (QED) is 0.626. The predicted octanol–water partition coefficient (Wildman–Crippen LogP) is 2.36. The molecule has 0 bridgehead atoms. The predicted molar refractivity (Wildman–Crippen MR) is 37.1 cm³/mol. The van der Waals surface area contributed by atoms with Gasteiger partial charge in [-0.2, -0.15) is 0 Å². The fraction of sp³-hybridized carbons (Fsp3) is 0.429. The molecule has 0 aromatic heterocycles. The Hall–Kier alpha value is 0.653. The van der Waals surface area contributed by atoms with Crippen LogP contribution in [0.4, 0.5) is 0 Å². The maximum Gasteiger partial charge on any atom is 0.0232 e. The molecule has 0 unspecified atom stereocenters. The third-order valence-electron chi connectivity index (χ3n) is 1.27. The molecule has 1 aliphatic rings. The van der Waals surface area contributed by atoms with E-state index < -0.39 is 0 Å². The van der Waals surface area contributed by atoms with Gasteiger partial charge in [-0.25, -0.2) is 0 Å². The van der Waals surface area contributed by atoms with Gasteiger partial charge in [0.15, 0.2) is 0 Å². The molecule has 0 radical (unpaired) electrons. The molecule has 0 saturated carbocycles. The first-order valence-electron chi connectivity index (χ1n) is 2.84. The minimum atomic E-state index is 0. The van der Waals surface area contributed by atoms with Gasteiger partial charge in [-0.15, -0.1) is 11.6 Å². The van der Waals surface area contributed by atoms with Gasteiger partial charge in [-0.1, -0.05) is 24.3 Å². The standard InChI is InChI=1S/C7H9Cl.Zr/c8-6-5-7-3-1-2-4-7;/h1-4,7H,5-6H2;. The van der Waals surface area contributed by atoms with E-state index in [2.05, 4.69) is 24.3 Å². The zero-order valence-electron chi connectivity index (χ0n) is 5.18.